The van der Waals surface area contributed by atoms with E-state index in [1.165, 1.54) is 19.2 Å². The van der Waals surface area contributed by atoms with Gasteiger partial charge in [0.05, 0.1) is 30.2 Å². The molecular weight excluding hydrogens is 406 g/mol. The Morgan fingerprint density at radius 1 is 1.13 bits per heavy atom. The summed E-state index contributed by atoms with van der Waals surface area (Å²) in [5.74, 6) is 0.755. The van der Waals surface area contributed by atoms with Crippen molar-refractivity contribution in [2.24, 2.45) is 0 Å². The summed E-state index contributed by atoms with van der Waals surface area (Å²) in [4.78, 5) is 12.2. The van der Waals surface area contributed by atoms with Crippen molar-refractivity contribution in [2.45, 2.75) is 37.6 Å². The molecule has 30 heavy (non-hydrogen) atoms. The van der Waals surface area contributed by atoms with E-state index in [1.807, 2.05) is 6.07 Å². The van der Waals surface area contributed by atoms with Crippen molar-refractivity contribution in [1.29, 1.82) is 5.26 Å². The van der Waals surface area contributed by atoms with Gasteiger partial charge >= 0.3 is 0 Å². The second kappa shape index (κ2) is 10.6. The van der Waals surface area contributed by atoms with E-state index in [4.69, 9.17) is 14.7 Å². The average molecular weight is 432 g/mol. The average Bonchev–Trinajstić information content (AvgIpc) is 2.70. The molecule has 0 saturated heterocycles. The SMILES string of the molecule is COc1cc(C#N)ccc1OCCCC(=O)Nc1ccc(S(=O)(=O)NC(C)C)cc1. The molecule has 0 aliphatic rings. The highest BCUT2D eigenvalue weighted by atomic mass is 32.2. The first-order valence-corrected chi connectivity index (χ1v) is 10.9. The van der Waals surface area contributed by atoms with Gasteiger partial charge in [-0.2, -0.15) is 5.26 Å². The fraction of sp³-hybridized carbons (Fsp3) is 0.333. The van der Waals surface area contributed by atoms with E-state index in [1.54, 1.807) is 44.2 Å². The summed E-state index contributed by atoms with van der Waals surface area (Å²) in [7, 11) is -2.07. The van der Waals surface area contributed by atoms with Gasteiger partial charge in [-0.3, -0.25) is 4.79 Å². The number of sulfonamides is 1. The Kier molecular flexibility index (Phi) is 8.21. The van der Waals surface area contributed by atoms with Gasteiger partial charge in [0.25, 0.3) is 0 Å². The van der Waals surface area contributed by atoms with Crippen molar-refractivity contribution in [3.8, 4) is 17.6 Å². The molecule has 0 unspecified atom stereocenters. The molecule has 9 heteroatoms. The molecule has 0 fully saturated rings. The molecule has 0 aliphatic heterocycles. The molecule has 2 rings (SSSR count). The number of anilines is 1. The lowest BCUT2D eigenvalue weighted by molar-refractivity contribution is -0.116. The molecule has 1 amide bonds. The molecule has 160 valence electrons. The first-order valence-electron chi connectivity index (χ1n) is 9.38. The maximum Gasteiger partial charge on any atom is 0.240 e. The minimum atomic E-state index is -3.57. The largest absolute Gasteiger partial charge is 0.493 e. The monoisotopic (exact) mass is 431 g/mol. The van der Waals surface area contributed by atoms with Gasteiger partial charge in [-0.05, 0) is 56.7 Å². The molecule has 2 N–H and O–H groups in total. The molecule has 0 bridgehead atoms. The molecule has 2 aromatic rings. The maximum atomic E-state index is 12.1. The van der Waals surface area contributed by atoms with Gasteiger partial charge < -0.3 is 14.8 Å². The summed E-state index contributed by atoms with van der Waals surface area (Å²) in [6.45, 7) is 3.79. The zero-order valence-electron chi connectivity index (χ0n) is 17.1. The number of nitrogens with zero attached hydrogens (tertiary/aromatic N) is 1. The van der Waals surface area contributed by atoms with E-state index < -0.39 is 10.0 Å². The van der Waals surface area contributed by atoms with Crippen molar-refractivity contribution in [1.82, 2.24) is 4.72 Å². The third-order valence-corrected chi connectivity index (χ3v) is 5.61. The number of nitrogens with one attached hydrogen (secondary N) is 2. The van der Waals surface area contributed by atoms with Crippen LogP contribution in [-0.2, 0) is 14.8 Å². The van der Waals surface area contributed by atoms with Crippen LogP contribution in [0.2, 0.25) is 0 Å². The molecule has 2 aromatic carbocycles. The molecule has 0 spiro atoms. The van der Waals surface area contributed by atoms with E-state index in [2.05, 4.69) is 10.0 Å². The van der Waals surface area contributed by atoms with Gasteiger partial charge in [0, 0.05) is 24.2 Å². The van der Waals surface area contributed by atoms with Crippen molar-refractivity contribution < 1.29 is 22.7 Å². The number of hydrogen-bond donors (Lipinski definition) is 2. The topological polar surface area (TPSA) is 118 Å². The van der Waals surface area contributed by atoms with Crippen LogP contribution in [-0.4, -0.2) is 34.1 Å². The first-order chi connectivity index (χ1) is 14.2. The van der Waals surface area contributed by atoms with E-state index in [0.717, 1.165) is 0 Å². The number of nitriles is 1. The normalized spacial score (nSPS) is 11.0. The second-order valence-corrected chi connectivity index (χ2v) is 8.49. The van der Waals surface area contributed by atoms with Gasteiger partial charge in [0.15, 0.2) is 11.5 Å². The van der Waals surface area contributed by atoms with Crippen LogP contribution >= 0.6 is 0 Å². The lowest BCUT2D eigenvalue weighted by Crippen LogP contribution is -2.30. The Morgan fingerprint density at radius 2 is 1.83 bits per heavy atom. The van der Waals surface area contributed by atoms with E-state index in [0.29, 0.717) is 35.8 Å². The fourth-order valence-corrected chi connectivity index (χ4v) is 3.84. The fourth-order valence-electron chi connectivity index (χ4n) is 2.59. The highest BCUT2D eigenvalue weighted by Gasteiger charge is 2.15. The van der Waals surface area contributed by atoms with Crippen molar-refractivity contribution >= 4 is 21.6 Å². The lowest BCUT2D eigenvalue weighted by atomic mass is 10.2. The number of carbonyl (C=O) groups is 1. The Labute approximate surface area is 176 Å². The quantitative estimate of drug-likeness (QED) is 0.558. The van der Waals surface area contributed by atoms with Crippen LogP contribution in [0.5, 0.6) is 11.5 Å². The zero-order chi connectivity index (χ0) is 22.1. The van der Waals surface area contributed by atoms with E-state index in [-0.39, 0.29) is 23.3 Å². The van der Waals surface area contributed by atoms with Crippen LogP contribution in [0.3, 0.4) is 0 Å². The molecular formula is C21H25N3O5S. The summed E-state index contributed by atoms with van der Waals surface area (Å²) in [5, 5.41) is 11.6. The number of rotatable bonds is 10. The Hall–Kier alpha value is -3.09. The molecule has 0 aliphatic carbocycles. The van der Waals surface area contributed by atoms with Crippen molar-refractivity contribution in [2.75, 3.05) is 19.0 Å². The third kappa shape index (κ3) is 6.76. The van der Waals surface area contributed by atoms with Crippen LogP contribution in [0.1, 0.15) is 32.3 Å². The van der Waals surface area contributed by atoms with E-state index in [9.17, 15) is 13.2 Å². The molecule has 0 aromatic heterocycles. The molecule has 0 radical (unpaired) electrons. The highest BCUT2D eigenvalue weighted by molar-refractivity contribution is 7.89. The van der Waals surface area contributed by atoms with Gasteiger partial charge in [0.1, 0.15) is 0 Å². The van der Waals surface area contributed by atoms with Gasteiger partial charge in [-0.25, -0.2) is 13.1 Å². The minimum absolute atomic E-state index is 0.138. The van der Waals surface area contributed by atoms with Gasteiger partial charge in [0.2, 0.25) is 15.9 Å². The predicted octanol–water partition coefficient (Wildman–Crippen LogP) is 3.05. The predicted molar refractivity (Wildman–Crippen MR) is 113 cm³/mol. The molecule has 8 nitrogen and oxygen atoms in total. The van der Waals surface area contributed by atoms with Gasteiger partial charge in [-0.1, -0.05) is 0 Å². The summed E-state index contributed by atoms with van der Waals surface area (Å²) in [5.41, 5.74) is 0.982. The summed E-state index contributed by atoms with van der Waals surface area (Å²) in [6.07, 6.45) is 0.702. The minimum Gasteiger partial charge on any atom is -0.493 e. The standard InChI is InChI=1S/C21H25N3O5S/c1-15(2)24-30(26,27)18-9-7-17(8-10-18)23-21(25)5-4-12-29-19-11-6-16(14-22)13-20(19)28-3/h6-11,13,15,24H,4-5,12H2,1-3H3,(H,23,25). The smallest absolute Gasteiger partial charge is 0.240 e. The second-order valence-electron chi connectivity index (χ2n) is 6.78. The Bertz CT molecular complexity index is 1010. The van der Waals surface area contributed by atoms with Crippen LogP contribution in [0, 0.1) is 11.3 Å². The van der Waals surface area contributed by atoms with E-state index >= 15 is 0 Å². The number of ether oxygens (including phenoxy) is 2. The first kappa shape index (κ1) is 23.2. The third-order valence-electron chi connectivity index (χ3n) is 3.94. The number of methoxy groups -OCH3 is 1. The van der Waals surface area contributed by atoms with Crippen LogP contribution in [0.15, 0.2) is 47.4 Å². The maximum absolute atomic E-state index is 12.1. The zero-order valence-corrected chi connectivity index (χ0v) is 18.0. The van der Waals surface area contributed by atoms with Crippen LogP contribution in [0.25, 0.3) is 0 Å². The molecule has 0 saturated carbocycles. The number of carbonyl (C=O) groups excluding carboxylic acids is 1. The Balaban J connectivity index is 1.82. The number of benzene rings is 2. The van der Waals surface area contributed by atoms with Crippen molar-refractivity contribution in [3.63, 3.8) is 0 Å². The van der Waals surface area contributed by atoms with Crippen molar-refractivity contribution in [3.05, 3.63) is 48.0 Å². The Morgan fingerprint density at radius 3 is 2.43 bits per heavy atom. The summed E-state index contributed by atoms with van der Waals surface area (Å²) >= 11 is 0. The summed E-state index contributed by atoms with van der Waals surface area (Å²) < 4.78 is 37.5. The van der Waals surface area contributed by atoms with Crippen LogP contribution in [0.4, 0.5) is 5.69 Å². The highest BCUT2D eigenvalue weighted by Crippen LogP contribution is 2.28. The van der Waals surface area contributed by atoms with Crippen LogP contribution < -0.4 is 19.5 Å². The van der Waals surface area contributed by atoms with Gasteiger partial charge in [-0.15, -0.1) is 0 Å². The molecule has 0 atom stereocenters. The molecule has 0 heterocycles. The lowest BCUT2D eigenvalue weighted by Gasteiger charge is -2.11. The summed E-state index contributed by atoms with van der Waals surface area (Å²) in [6, 6.07) is 12.7. The number of amides is 1. The number of hydrogen-bond acceptors (Lipinski definition) is 6.